The summed E-state index contributed by atoms with van der Waals surface area (Å²) in [6.45, 7) is 13.5. The summed E-state index contributed by atoms with van der Waals surface area (Å²) in [5.74, 6) is 0. The van der Waals surface area contributed by atoms with Crippen LogP contribution in [0.25, 0.3) is 12.2 Å². The number of aromatic amines is 1. The molecule has 1 aromatic rings. The van der Waals surface area contributed by atoms with E-state index >= 15 is 0 Å². The van der Waals surface area contributed by atoms with E-state index in [4.69, 9.17) is 0 Å². The van der Waals surface area contributed by atoms with Crippen LogP contribution in [0.1, 0.15) is 45.1 Å². The molecule has 0 bridgehead atoms. The second-order valence-electron chi connectivity index (χ2n) is 2.02. The average Bonchev–Trinajstić information content (AvgIpc) is 2.66. The molecule has 0 aliphatic heterocycles. The van der Waals surface area contributed by atoms with Crippen molar-refractivity contribution in [2.75, 3.05) is 0 Å². The van der Waals surface area contributed by atoms with Crippen molar-refractivity contribution < 1.29 is 0 Å². The quantitative estimate of drug-likeness (QED) is 0.808. The topological polar surface area (TPSA) is 32.9 Å². The predicted octanol–water partition coefficient (Wildman–Crippen LogP) is 4.16. The molecule has 0 atom stereocenters. The minimum absolute atomic E-state index is 0.0389. The van der Waals surface area contributed by atoms with Crippen LogP contribution in [0.5, 0.6) is 0 Å². The van der Waals surface area contributed by atoms with Crippen molar-refractivity contribution in [3.8, 4) is 0 Å². The number of hydrogen-bond donors (Lipinski definition) is 1. The first-order valence-electron chi connectivity index (χ1n) is 5.26. The lowest BCUT2D eigenvalue weighted by atomic mass is 10.2. The molecule has 86 valence electrons. The van der Waals surface area contributed by atoms with Crippen molar-refractivity contribution in [2.45, 2.75) is 34.6 Å². The zero-order valence-electron chi connectivity index (χ0n) is 10.3. The summed E-state index contributed by atoms with van der Waals surface area (Å²) >= 11 is 1.31. The molecule has 0 amide bonds. The Balaban J connectivity index is 0. The molecule has 0 aliphatic rings. The van der Waals surface area contributed by atoms with Gasteiger partial charge in [0, 0.05) is 0 Å². The number of rotatable bonds is 2. The largest absolute Gasteiger partial charge is 0.277 e. The van der Waals surface area contributed by atoms with Gasteiger partial charge in [-0.05, 0) is 13.0 Å². The highest BCUT2D eigenvalue weighted by molar-refractivity contribution is 7.07. The van der Waals surface area contributed by atoms with Gasteiger partial charge < -0.3 is 0 Å². The first-order valence-corrected chi connectivity index (χ1v) is 6.08. The number of nitrogens with one attached hydrogen (secondary N) is 1. The van der Waals surface area contributed by atoms with Crippen molar-refractivity contribution in [1.82, 2.24) is 4.37 Å². The molecule has 15 heavy (non-hydrogen) atoms. The second kappa shape index (κ2) is 11.0. The minimum atomic E-state index is -0.0389. The molecule has 0 fully saturated rings. The summed E-state index contributed by atoms with van der Waals surface area (Å²) in [6.07, 6.45) is 5.30. The average molecular weight is 227 g/mol. The molecule has 0 saturated heterocycles. The van der Waals surface area contributed by atoms with Crippen molar-refractivity contribution in [3.05, 3.63) is 33.4 Å². The zero-order chi connectivity index (χ0) is 12.3. The van der Waals surface area contributed by atoms with E-state index in [2.05, 4.69) is 11.0 Å². The lowest BCUT2D eigenvalue weighted by Crippen LogP contribution is -2.00. The number of aromatic nitrogens is 1. The van der Waals surface area contributed by atoms with Crippen molar-refractivity contribution in [3.63, 3.8) is 0 Å². The maximum Gasteiger partial charge on any atom is 0.265 e. The fourth-order valence-corrected chi connectivity index (χ4v) is 1.47. The Hall–Kier alpha value is -1.09. The Morgan fingerprint density at radius 2 is 1.80 bits per heavy atom. The first kappa shape index (κ1) is 16.3. The number of H-pyrrole nitrogens is 1. The van der Waals surface area contributed by atoms with Gasteiger partial charge in [0.15, 0.2) is 0 Å². The Morgan fingerprint density at radius 1 is 1.27 bits per heavy atom. The SMILES string of the molecule is C=Cc1s[nH]c(=O)c1/C=C\C.CC.CC. The fraction of sp³-hybridized carbons (Fsp3) is 0.417. The molecule has 0 aliphatic carbocycles. The van der Waals surface area contributed by atoms with E-state index in [0.717, 1.165) is 4.88 Å². The predicted molar refractivity (Wildman–Crippen MR) is 72.4 cm³/mol. The minimum Gasteiger partial charge on any atom is -0.277 e. The van der Waals surface area contributed by atoms with Crippen LogP contribution in [0.3, 0.4) is 0 Å². The third-order valence-corrected chi connectivity index (χ3v) is 2.18. The Kier molecular flexibility index (Phi) is 12.0. The molecule has 1 aromatic heterocycles. The van der Waals surface area contributed by atoms with E-state index in [1.807, 2.05) is 40.7 Å². The number of hydrogen-bond acceptors (Lipinski definition) is 2. The number of allylic oxidation sites excluding steroid dienone is 1. The van der Waals surface area contributed by atoms with Crippen LogP contribution in [-0.4, -0.2) is 4.37 Å². The van der Waals surface area contributed by atoms with Gasteiger partial charge in [0.05, 0.1) is 10.4 Å². The van der Waals surface area contributed by atoms with Crippen molar-refractivity contribution >= 4 is 23.7 Å². The highest BCUT2D eigenvalue weighted by Gasteiger charge is 2.01. The maximum atomic E-state index is 11.0. The monoisotopic (exact) mass is 227 g/mol. The van der Waals surface area contributed by atoms with Gasteiger partial charge in [-0.25, -0.2) is 0 Å². The molecule has 1 N–H and O–H groups in total. The summed E-state index contributed by atoms with van der Waals surface area (Å²) in [4.78, 5) is 11.9. The summed E-state index contributed by atoms with van der Waals surface area (Å²) in [5, 5.41) is 0. The highest BCUT2D eigenvalue weighted by atomic mass is 32.1. The van der Waals surface area contributed by atoms with Gasteiger partial charge in [-0.1, -0.05) is 58.0 Å². The molecule has 1 rings (SSSR count). The van der Waals surface area contributed by atoms with Gasteiger partial charge in [0.1, 0.15) is 0 Å². The smallest absolute Gasteiger partial charge is 0.265 e. The summed E-state index contributed by atoms with van der Waals surface area (Å²) in [7, 11) is 0. The highest BCUT2D eigenvalue weighted by Crippen LogP contribution is 2.11. The second-order valence-corrected chi connectivity index (χ2v) is 2.86. The molecule has 0 aromatic carbocycles. The van der Waals surface area contributed by atoms with E-state index in [9.17, 15) is 4.79 Å². The van der Waals surface area contributed by atoms with E-state index < -0.39 is 0 Å². The molecule has 0 saturated carbocycles. The van der Waals surface area contributed by atoms with Crippen LogP contribution in [0.2, 0.25) is 0 Å². The van der Waals surface area contributed by atoms with E-state index in [0.29, 0.717) is 5.56 Å². The van der Waals surface area contributed by atoms with Crippen LogP contribution < -0.4 is 5.56 Å². The molecule has 0 unspecified atom stereocenters. The Labute approximate surface area is 96.5 Å². The molecular formula is C12H21NOS. The van der Waals surface area contributed by atoms with Gasteiger partial charge in [-0.3, -0.25) is 9.17 Å². The van der Waals surface area contributed by atoms with Gasteiger partial charge in [-0.2, -0.15) is 0 Å². The third-order valence-electron chi connectivity index (χ3n) is 1.28. The fourth-order valence-electron chi connectivity index (χ4n) is 0.799. The lowest BCUT2D eigenvalue weighted by molar-refractivity contribution is 1.41. The molecular weight excluding hydrogens is 206 g/mol. The molecule has 0 radical (unpaired) electrons. The van der Waals surface area contributed by atoms with Crippen molar-refractivity contribution in [2.24, 2.45) is 0 Å². The first-order chi connectivity index (χ1) is 7.29. The van der Waals surface area contributed by atoms with Crippen LogP contribution in [0, 0.1) is 0 Å². The Bertz CT molecular complexity index is 334. The van der Waals surface area contributed by atoms with Gasteiger partial charge >= 0.3 is 0 Å². The normalized spacial score (nSPS) is 8.60. The van der Waals surface area contributed by atoms with Gasteiger partial charge in [-0.15, -0.1) is 0 Å². The van der Waals surface area contributed by atoms with Crippen molar-refractivity contribution in [1.29, 1.82) is 0 Å². The lowest BCUT2D eigenvalue weighted by Gasteiger charge is -1.83. The van der Waals surface area contributed by atoms with E-state index in [-0.39, 0.29) is 5.56 Å². The van der Waals surface area contributed by atoms with E-state index in [1.165, 1.54) is 11.5 Å². The summed E-state index contributed by atoms with van der Waals surface area (Å²) < 4.78 is 2.64. The van der Waals surface area contributed by atoms with Gasteiger partial charge in [0.25, 0.3) is 5.56 Å². The molecule has 2 nitrogen and oxygen atoms in total. The molecule has 1 heterocycles. The standard InChI is InChI=1S/C8H9NOS.2C2H6/c1-3-5-6-7(4-2)11-9-8(6)10;2*1-2/h3-5H,2H2,1H3,(H,9,10);2*1-2H3/b5-3-;;. The Morgan fingerprint density at radius 3 is 2.20 bits per heavy atom. The molecule has 0 spiro atoms. The van der Waals surface area contributed by atoms with Crippen LogP contribution in [0.15, 0.2) is 17.4 Å². The van der Waals surface area contributed by atoms with Crippen LogP contribution in [0.4, 0.5) is 0 Å². The van der Waals surface area contributed by atoms with Gasteiger partial charge in [0.2, 0.25) is 0 Å². The third kappa shape index (κ3) is 5.37. The maximum absolute atomic E-state index is 11.0. The summed E-state index contributed by atoms with van der Waals surface area (Å²) in [6, 6.07) is 0. The zero-order valence-corrected chi connectivity index (χ0v) is 11.1. The van der Waals surface area contributed by atoms with Crippen LogP contribution in [-0.2, 0) is 0 Å². The van der Waals surface area contributed by atoms with E-state index in [1.54, 1.807) is 12.2 Å². The summed E-state index contributed by atoms with van der Waals surface area (Å²) in [5.41, 5.74) is 0.663. The molecule has 3 heteroatoms. The van der Waals surface area contributed by atoms with Crippen LogP contribution >= 0.6 is 11.5 Å².